The molecule has 14 heavy (non-hydrogen) atoms. The molecule has 1 N–H and O–H groups in total. The molecule has 1 amide bonds. The summed E-state index contributed by atoms with van der Waals surface area (Å²) in [6, 6.07) is 0. The molecular formula is C9H12N2O3. The molecule has 1 saturated heterocycles. The van der Waals surface area contributed by atoms with E-state index in [4.69, 9.17) is 0 Å². The van der Waals surface area contributed by atoms with Crippen LogP contribution < -0.4 is 5.32 Å². The Morgan fingerprint density at radius 3 is 2.71 bits per heavy atom. The van der Waals surface area contributed by atoms with Crippen molar-refractivity contribution in [3.63, 3.8) is 0 Å². The van der Waals surface area contributed by atoms with Gasteiger partial charge in [0.2, 0.25) is 0 Å². The van der Waals surface area contributed by atoms with Crippen LogP contribution in [0.25, 0.3) is 0 Å². The number of rotatable bonds is 1. The van der Waals surface area contributed by atoms with E-state index in [1.807, 2.05) is 0 Å². The van der Waals surface area contributed by atoms with Crippen LogP contribution in [0, 0.1) is 0 Å². The zero-order valence-electron chi connectivity index (χ0n) is 7.78. The predicted molar refractivity (Wildman–Crippen MR) is 48.5 cm³/mol. The second kappa shape index (κ2) is 3.79. The summed E-state index contributed by atoms with van der Waals surface area (Å²) in [4.78, 5) is 24.5. The SMILES string of the molecule is O=C1OCC=C1C(=O)N1CCNCC1. The van der Waals surface area contributed by atoms with Crippen LogP contribution in [0.5, 0.6) is 0 Å². The van der Waals surface area contributed by atoms with Crippen LogP contribution in [0.1, 0.15) is 0 Å². The summed E-state index contributed by atoms with van der Waals surface area (Å²) in [6.45, 7) is 3.11. The van der Waals surface area contributed by atoms with Crippen LogP contribution in [0.2, 0.25) is 0 Å². The van der Waals surface area contributed by atoms with Crippen molar-refractivity contribution in [1.29, 1.82) is 0 Å². The first-order valence-corrected chi connectivity index (χ1v) is 4.66. The number of cyclic esters (lactones) is 1. The number of carbonyl (C=O) groups excluding carboxylic acids is 2. The van der Waals surface area contributed by atoms with E-state index in [0.717, 1.165) is 13.1 Å². The van der Waals surface area contributed by atoms with Crippen molar-refractivity contribution in [2.75, 3.05) is 32.8 Å². The second-order valence-electron chi connectivity index (χ2n) is 3.26. The van der Waals surface area contributed by atoms with E-state index in [1.54, 1.807) is 11.0 Å². The average Bonchev–Trinajstić information content (AvgIpc) is 2.65. The van der Waals surface area contributed by atoms with Gasteiger partial charge in [-0.1, -0.05) is 0 Å². The fourth-order valence-corrected chi connectivity index (χ4v) is 1.57. The molecule has 5 nitrogen and oxygen atoms in total. The maximum Gasteiger partial charge on any atom is 0.343 e. The quantitative estimate of drug-likeness (QED) is 0.427. The Labute approximate surface area is 81.7 Å². The van der Waals surface area contributed by atoms with Gasteiger partial charge in [-0.2, -0.15) is 0 Å². The standard InChI is InChI=1S/C9H12N2O3/c12-8(7-1-6-14-9(7)13)11-4-2-10-3-5-11/h1,10H,2-6H2. The van der Waals surface area contributed by atoms with Gasteiger partial charge in [-0.3, -0.25) is 4.79 Å². The minimum Gasteiger partial charge on any atom is -0.458 e. The summed E-state index contributed by atoms with van der Waals surface area (Å²) < 4.78 is 4.68. The van der Waals surface area contributed by atoms with Gasteiger partial charge in [-0.05, 0) is 6.08 Å². The minimum absolute atomic E-state index is 0.187. The predicted octanol–water partition coefficient (Wildman–Crippen LogP) is -1.10. The molecule has 76 valence electrons. The van der Waals surface area contributed by atoms with Crippen LogP contribution in [0.4, 0.5) is 0 Å². The van der Waals surface area contributed by atoms with Crippen LogP contribution in [0.3, 0.4) is 0 Å². The summed E-state index contributed by atoms with van der Waals surface area (Å²) in [5.41, 5.74) is 0.187. The molecule has 2 heterocycles. The first kappa shape index (κ1) is 9.21. The molecule has 5 heteroatoms. The number of carbonyl (C=O) groups is 2. The summed E-state index contributed by atoms with van der Waals surface area (Å²) >= 11 is 0. The largest absolute Gasteiger partial charge is 0.458 e. The third-order valence-corrected chi connectivity index (χ3v) is 2.36. The highest BCUT2D eigenvalue weighted by Crippen LogP contribution is 2.10. The molecule has 1 fully saturated rings. The number of hydrogen-bond donors (Lipinski definition) is 1. The van der Waals surface area contributed by atoms with Crippen LogP contribution in [0.15, 0.2) is 11.6 Å². The van der Waals surface area contributed by atoms with Gasteiger partial charge in [0.05, 0.1) is 0 Å². The van der Waals surface area contributed by atoms with Crippen molar-refractivity contribution in [3.8, 4) is 0 Å². The van der Waals surface area contributed by atoms with Gasteiger partial charge >= 0.3 is 5.97 Å². The molecule has 0 aromatic carbocycles. The van der Waals surface area contributed by atoms with E-state index in [-0.39, 0.29) is 18.1 Å². The molecule has 2 rings (SSSR count). The Morgan fingerprint density at radius 2 is 2.14 bits per heavy atom. The number of nitrogens with zero attached hydrogens (tertiary/aromatic N) is 1. The van der Waals surface area contributed by atoms with Gasteiger partial charge in [0.15, 0.2) is 0 Å². The Bertz CT molecular complexity index is 292. The summed E-state index contributed by atoms with van der Waals surface area (Å²) in [7, 11) is 0. The number of nitrogens with one attached hydrogen (secondary N) is 1. The lowest BCUT2D eigenvalue weighted by Gasteiger charge is -2.27. The minimum atomic E-state index is -0.492. The third-order valence-electron chi connectivity index (χ3n) is 2.36. The number of ether oxygens (including phenoxy) is 1. The van der Waals surface area contributed by atoms with E-state index >= 15 is 0 Å². The average molecular weight is 196 g/mol. The first-order valence-electron chi connectivity index (χ1n) is 4.66. The Balaban J connectivity index is 2.03. The first-order chi connectivity index (χ1) is 6.79. The van der Waals surface area contributed by atoms with Gasteiger partial charge < -0.3 is 15.0 Å². The molecule has 0 bridgehead atoms. The molecule has 0 spiro atoms. The topological polar surface area (TPSA) is 58.6 Å². The fourth-order valence-electron chi connectivity index (χ4n) is 1.57. The maximum absolute atomic E-state index is 11.7. The van der Waals surface area contributed by atoms with E-state index in [1.165, 1.54) is 0 Å². The highest BCUT2D eigenvalue weighted by Gasteiger charge is 2.28. The summed E-state index contributed by atoms with van der Waals surface area (Å²) in [5, 5.41) is 3.14. The normalized spacial score (nSPS) is 21.9. The summed E-state index contributed by atoms with van der Waals surface area (Å²) in [6.07, 6.45) is 1.55. The molecule has 0 atom stereocenters. The Kier molecular flexibility index (Phi) is 2.49. The smallest absolute Gasteiger partial charge is 0.343 e. The zero-order chi connectivity index (χ0) is 9.97. The Hall–Kier alpha value is -1.36. The summed E-state index contributed by atoms with van der Waals surface area (Å²) in [5.74, 6) is -0.692. The van der Waals surface area contributed by atoms with E-state index in [2.05, 4.69) is 10.1 Å². The van der Waals surface area contributed by atoms with Crippen molar-refractivity contribution in [2.45, 2.75) is 0 Å². The van der Waals surface area contributed by atoms with Crippen molar-refractivity contribution < 1.29 is 14.3 Å². The highest BCUT2D eigenvalue weighted by atomic mass is 16.5. The zero-order valence-corrected chi connectivity index (χ0v) is 7.78. The number of hydrogen-bond acceptors (Lipinski definition) is 4. The van der Waals surface area contributed by atoms with Crippen molar-refractivity contribution in [1.82, 2.24) is 10.2 Å². The lowest BCUT2D eigenvalue weighted by molar-refractivity contribution is -0.139. The van der Waals surface area contributed by atoms with Gasteiger partial charge in [0, 0.05) is 26.2 Å². The molecular weight excluding hydrogens is 184 g/mol. The third kappa shape index (κ3) is 1.63. The van der Waals surface area contributed by atoms with E-state index in [0.29, 0.717) is 13.1 Å². The molecule has 2 aliphatic heterocycles. The maximum atomic E-state index is 11.7. The second-order valence-corrected chi connectivity index (χ2v) is 3.26. The monoisotopic (exact) mass is 196 g/mol. The van der Waals surface area contributed by atoms with Crippen LogP contribution >= 0.6 is 0 Å². The van der Waals surface area contributed by atoms with Gasteiger partial charge in [0.1, 0.15) is 12.2 Å². The number of amides is 1. The lowest BCUT2D eigenvalue weighted by atomic mass is 10.2. The lowest BCUT2D eigenvalue weighted by Crippen LogP contribution is -2.47. The van der Waals surface area contributed by atoms with E-state index in [9.17, 15) is 9.59 Å². The van der Waals surface area contributed by atoms with E-state index < -0.39 is 5.97 Å². The highest BCUT2D eigenvalue weighted by molar-refractivity contribution is 6.17. The van der Waals surface area contributed by atoms with Crippen molar-refractivity contribution >= 4 is 11.9 Å². The van der Waals surface area contributed by atoms with Gasteiger partial charge in [-0.25, -0.2) is 4.79 Å². The van der Waals surface area contributed by atoms with Crippen molar-refractivity contribution in [3.05, 3.63) is 11.6 Å². The van der Waals surface area contributed by atoms with Crippen molar-refractivity contribution in [2.24, 2.45) is 0 Å². The molecule has 0 aromatic heterocycles. The van der Waals surface area contributed by atoms with Gasteiger partial charge in [0.25, 0.3) is 5.91 Å². The molecule has 0 aliphatic carbocycles. The molecule has 0 saturated carbocycles. The molecule has 0 aromatic rings. The Morgan fingerprint density at radius 1 is 1.43 bits per heavy atom. The fraction of sp³-hybridized carbons (Fsp3) is 0.556. The van der Waals surface area contributed by atoms with Crippen LogP contribution in [-0.2, 0) is 14.3 Å². The number of piperazine rings is 1. The van der Waals surface area contributed by atoms with Gasteiger partial charge in [-0.15, -0.1) is 0 Å². The number of esters is 1. The molecule has 0 radical (unpaired) electrons. The molecule has 2 aliphatic rings. The van der Waals surface area contributed by atoms with Crippen LogP contribution in [-0.4, -0.2) is 49.6 Å². The molecule has 0 unspecified atom stereocenters.